The van der Waals surface area contributed by atoms with E-state index in [1.807, 2.05) is 6.07 Å². The molecule has 1 rings (SSSR count). The van der Waals surface area contributed by atoms with E-state index in [9.17, 15) is 0 Å². The third-order valence-corrected chi connectivity index (χ3v) is 3.13. The van der Waals surface area contributed by atoms with Crippen molar-refractivity contribution < 1.29 is 0 Å². The van der Waals surface area contributed by atoms with Gasteiger partial charge in [0.15, 0.2) is 5.96 Å². The van der Waals surface area contributed by atoms with Crippen LogP contribution in [0.1, 0.15) is 19.4 Å². The fraction of sp³-hybridized carbons (Fsp3) is 0.500. The molecule has 0 bridgehead atoms. The van der Waals surface area contributed by atoms with Crippen LogP contribution in [0.5, 0.6) is 0 Å². The molecule has 0 spiro atoms. The minimum atomic E-state index is 0.167. The van der Waals surface area contributed by atoms with Gasteiger partial charge in [0.1, 0.15) is 0 Å². The molecule has 100 valence electrons. The lowest BCUT2D eigenvalue weighted by molar-refractivity contribution is 0.220. The van der Waals surface area contributed by atoms with Gasteiger partial charge in [-0.3, -0.25) is 9.89 Å². The van der Waals surface area contributed by atoms with Gasteiger partial charge >= 0.3 is 0 Å². The normalized spacial score (nSPS) is 12.4. The van der Waals surface area contributed by atoms with Crippen molar-refractivity contribution in [1.29, 1.82) is 0 Å². The quantitative estimate of drug-likeness (QED) is 0.563. The molecular formula is C14H24N4. The van der Waals surface area contributed by atoms with E-state index in [4.69, 9.17) is 11.5 Å². The number of guanidine groups is 1. The predicted molar refractivity (Wildman–Crippen MR) is 77.5 cm³/mol. The average Bonchev–Trinajstić information content (AvgIpc) is 2.38. The summed E-state index contributed by atoms with van der Waals surface area (Å²) in [5.41, 5.74) is 12.2. The van der Waals surface area contributed by atoms with Crippen LogP contribution in [-0.2, 0) is 6.42 Å². The van der Waals surface area contributed by atoms with Crippen LogP contribution in [0.3, 0.4) is 0 Å². The van der Waals surface area contributed by atoms with Crippen molar-refractivity contribution in [2.45, 2.75) is 26.3 Å². The maximum absolute atomic E-state index is 5.43. The Morgan fingerprint density at radius 2 is 1.78 bits per heavy atom. The van der Waals surface area contributed by atoms with E-state index in [0.717, 1.165) is 19.5 Å². The smallest absolute Gasteiger partial charge is 0.185 e. The van der Waals surface area contributed by atoms with E-state index in [-0.39, 0.29) is 5.96 Å². The van der Waals surface area contributed by atoms with Gasteiger partial charge in [-0.05, 0) is 25.1 Å². The van der Waals surface area contributed by atoms with Gasteiger partial charge in [0, 0.05) is 6.04 Å². The topological polar surface area (TPSA) is 67.6 Å². The van der Waals surface area contributed by atoms with Gasteiger partial charge in [-0.15, -0.1) is 0 Å². The van der Waals surface area contributed by atoms with Crippen LogP contribution in [-0.4, -0.2) is 36.5 Å². The summed E-state index contributed by atoms with van der Waals surface area (Å²) in [7, 11) is 0. The van der Waals surface area contributed by atoms with Crippen LogP contribution in [0.25, 0.3) is 0 Å². The SMILES string of the molecule is CCN(CC)[C@H](CN=C(N)N)Cc1ccccc1. The van der Waals surface area contributed by atoms with E-state index < -0.39 is 0 Å². The van der Waals surface area contributed by atoms with Gasteiger partial charge in [0.2, 0.25) is 0 Å². The molecule has 4 N–H and O–H groups in total. The summed E-state index contributed by atoms with van der Waals surface area (Å²) in [6.07, 6.45) is 0.972. The number of benzene rings is 1. The Bertz CT molecular complexity index is 353. The van der Waals surface area contributed by atoms with Crippen molar-refractivity contribution in [3.8, 4) is 0 Å². The first-order valence-corrected chi connectivity index (χ1v) is 6.50. The zero-order valence-electron chi connectivity index (χ0n) is 11.3. The second-order valence-electron chi connectivity index (χ2n) is 4.33. The first-order valence-electron chi connectivity index (χ1n) is 6.50. The Morgan fingerprint density at radius 1 is 1.17 bits per heavy atom. The van der Waals surface area contributed by atoms with Crippen LogP contribution < -0.4 is 11.5 Å². The van der Waals surface area contributed by atoms with E-state index in [1.54, 1.807) is 0 Å². The summed E-state index contributed by atoms with van der Waals surface area (Å²) in [6, 6.07) is 10.8. The van der Waals surface area contributed by atoms with Crippen LogP contribution >= 0.6 is 0 Å². The number of rotatable bonds is 7. The number of nitrogens with zero attached hydrogens (tertiary/aromatic N) is 2. The molecule has 18 heavy (non-hydrogen) atoms. The maximum Gasteiger partial charge on any atom is 0.185 e. The first-order chi connectivity index (χ1) is 8.67. The lowest BCUT2D eigenvalue weighted by Crippen LogP contribution is -2.39. The molecule has 1 atom stereocenters. The Morgan fingerprint density at radius 3 is 2.28 bits per heavy atom. The summed E-state index contributed by atoms with van der Waals surface area (Å²) < 4.78 is 0. The van der Waals surface area contributed by atoms with Crippen molar-refractivity contribution in [2.24, 2.45) is 16.5 Å². The standard InChI is InChI=1S/C14H24N4/c1-3-18(4-2)13(11-17-14(15)16)10-12-8-6-5-7-9-12/h5-9,13H,3-4,10-11H2,1-2H3,(H4,15,16,17)/t13-/m0/s1. The molecular weight excluding hydrogens is 224 g/mol. The Hall–Kier alpha value is -1.55. The molecule has 0 aromatic heterocycles. The number of aliphatic imine (C=N–C) groups is 1. The summed E-state index contributed by atoms with van der Waals surface area (Å²) in [5, 5.41) is 0. The van der Waals surface area contributed by atoms with Crippen molar-refractivity contribution >= 4 is 5.96 Å². The van der Waals surface area contributed by atoms with E-state index in [0.29, 0.717) is 12.6 Å². The first kappa shape index (κ1) is 14.5. The number of hydrogen-bond acceptors (Lipinski definition) is 2. The second kappa shape index (κ2) is 7.71. The molecule has 0 saturated carbocycles. The maximum atomic E-state index is 5.43. The molecule has 0 amide bonds. The molecule has 0 radical (unpaired) electrons. The summed E-state index contributed by atoms with van der Waals surface area (Å²) in [4.78, 5) is 6.56. The fourth-order valence-corrected chi connectivity index (χ4v) is 2.15. The van der Waals surface area contributed by atoms with Gasteiger partial charge in [-0.2, -0.15) is 0 Å². The monoisotopic (exact) mass is 248 g/mol. The zero-order chi connectivity index (χ0) is 13.4. The molecule has 0 heterocycles. The highest BCUT2D eigenvalue weighted by Crippen LogP contribution is 2.09. The fourth-order valence-electron chi connectivity index (χ4n) is 2.15. The third kappa shape index (κ3) is 4.75. The minimum absolute atomic E-state index is 0.167. The molecule has 0 aliphatic rings. The highest BCUT2D eigenvalue weighted by Gasteiger charge is 2.15. The van der Waals surface area contributed by atoms with E-state index in [1.165, 1.54) is 5.56 Å². The molecule has 0 unspecified atom stereocenters. The summed E-state index contributed by atoms with van der Waals surface area (Å²) in [5.74, 6) is 0.167. The predicted octanol–water partition coefficient (Wildman–Crippen LogP) is 1.21. The number of hydrogen-bond donors (Lipinski definition) is 2. The van der Waals surface area contributed by atoms with Gasteiger partial charge in [0.05, 0.1) is 6.54 Å². The summed E-state index contributed by atoms with van der Waals surface area (Å²) >= 11 is 0. The average molecular weight is 248 g/mol. The molecule has 0 fully saturated rings. The zero-order valence-corrected chi connectivity index (χ0v) is 11.3. The molecule has 1 aromatic carbocycles. The molecule has 0 aliphatic heterocycles. The Kier molecular flexibility index (Phi) is 6.22. The van der Waals surface area contributed by atoms with Crippen LogP contribution in [0.15, 0.2) is 35.3 Å². The van der Waals surface area contributed by atoms with Gasteiger partial charge < -0.3 is 11.5 Å². The molecule has 4 heteroatoms. The Labute approximate surface area is 110 Å². The van der Waals surface area contributed by atoms with Crippen molar-refractivity contribution in [1.82, 2.24) is 4.90 Å². The van der Waals surface area contributed by atoms with Crippen molar-refractivity contribution in [3.05, 3.63) is 35.9 Å². The van der Waals surface area contributed by atoms with Crippen LogP contribution in [0.2, 0.25) is 0 Å². The lowest BCUT2D eigenvalue weighted by Gasteiger charge is -2.28. The van der Waals surface area contributed by atoms with Crippen LogP contribution in [0, 0.1) is 0 Å². The number of nitrogens with two attached hydrogens (primary N) is 2. The number of likely N-dealkylation sites (N-methyl/N-ethyl adjacent to an activating group) is 1. The minimum Gasteiger partial charge on any atom is -0.370 e. The van der Waals surface area contributed by atoms with Crippen molar-refractivity contribution in [2.75, 3.05) is 19.6 Å². The second-order valence-corrected chi connectivity index (χ2v) is 4.33. The lowest BCUT2D eigenvalue weighted by atomic mass is 10.0. The van der Waals surface area contributed by atoms with E-state index in [2.05, 4.69) is 48.0 Å². The van der Waals surface area contributed by atoms with Gasteiger partial charge in [-0.25, -0.2) is 0 Å². The molecule has 0 aliphatic carbocycles. The largest absolute Gasteiger partial charge is 0.370 e. The highest BCUT2D eigenvalue weighted by atomic mass is 15.2. The molecule has 1 aromatic rings. The van der Waals surface area contributed by atoms with Gasteiger partial charge in [-0.1, -0.05) is 44.2 Å². The molecule has 4 nitrogen and oxygen atoms in total. The highest BCUT2D eigenvalue weighted by molar-refractivity contribution is 5.75. The Balaban J connectivity index is 2.73. The van der Waals surface area contributed by atoms with Gasteiger partial charge in [0.25, 0.3) is 0 Å². The third-order valence-electron chi connectivity index (χ3n) is 3.13. The van der Waals surface area contributed by atoms with E-state index >= 15 is 0 Å². The summed E-state index contributed by atoms with van der Waals surface area (Å²) in [6.45, 7) is 6.99. The molecule has 0 saturated heterocycles. The van der Waals surface area contributed by atoms with Crippen molar-refractivity contribution in [3.63, 3.8) is 0 Å². The van der Waals surface area contributed by atoms with Crippen LogP contribution in [0.4, 0.5) is 0 Å².